The van der Waals surface area contributed by atoms with Gasteiger partial charge in [-0.15, -0.1) is 5.10 Å². The van der Waals surface area contributed by atoms with Crippen LogP contribution in [0.15, 0.2) is 17.2 Å². The zero-order valence-electron chi connectivity index (χ0n) is 13.6. The Kier molecular flexibility index (Phi) is 3.60. The first-order valence-electron chi connectivity index (χ1n) is 8.96. The molecule has 0 aromatic heterocycles. The minimum atomic E-state index is 0.470. The lowest BCUT2D eigenvalue weighted by atomic mass is 10.00. The van der Waals surface area contributed by atoms with E-state index in [1.165, 1.54) is 12.8 Å². The number of fused-ring (bicyclic) bond motifs is 3. The maximum Gasteiger partial charge on any atom is 0.243 e. The highest BCUT2D eigenvalue weighted by molar-refractivity contribution is 6.31. The van der Waals surface area contributed by atoms with Gasteiger partial charge in [-0.2, -0.15) is 0 Å². The molecule has 2 unspecified atom stereocenters. The number of halogens is 1. The van der Waals surface area contributed by atoms with Crippen LogP contribution in [0.1, 0.15) is 43.2 Å². The number of piperidine rings is 1. The highest BCUT2D eigenvalue weighted by atomic mass is 35.5. The fraction of sp³-hybridized carbons (Fsp3) is 0.611. The molecule has 0 spiro atoms. The van der Waals surface area contributed by atoms with E-state index < -0.39 is 0 Å². The molecule has 0 saturated carbocycles. The molecule has 4 heterocycles. The highest BCUT2D eigenvalue weighted by Crippen LogP contribution is 2.35. The van der Waals surface area contributed by atoms with Crippen LogP contribution in [-0.2, 0) is 11.2 Å². The van der Waals surface area contributed by atoms with Crippen LogP contribution in [0.4, 0.5) is 0 Å². The molecule has 0 aliphatic carbocycles. The van der Waals surface area contributed by atoms with E-state index in [0.29, 0.717) is 30.8 Å². The molecule has 0 amide bonds. The number of hydrogen-bond donors (Lipinski definition) is 1. The van der Waals surface area contributed by atoms with E-state index in [-0.39, 0.29) is 0 Å². The summed E-state index contributed by atoms with van der Waals surface area (Å²) in [5, 5.41) is 11.3. The lowest BCUT2D eigenvalue weighted by molar-refractivity contribution is 0.0909. The molecule has 2 atom stereocenters. The van der Waals surface area contributed by atoms with Crippen LogP contribution in [0, 0.1) is 0 Å². The molecular weight excluding hydrogens is 326 g/mol. The lowest BCUT2D eigenvalue weighted by Gasteiger charge is -2.33. The van der Waals surface area contributed by atoms with Crippen LogP contribution in [0.5, 0.6) is 5.75 Å². The maximum atomic E-state index is 6.30. The van der Waals surface area contributed by atoms with Gasteiger partial charge in [-0.25, -0.2) is 0 Å². The standard InChI is InChI=1S/C18H22ClN3O2/c19-12-6-11-2-1-5-23-17(11)16(7-12)18-21-22(10-24-18)15-8-13-3-4-14(9-15)20-13/h6-7,13-15,20H,1-5,8-10H2. The molecule has 0 radical (unpaired) electrons. The van der Waals surface area contributed by atoms with Gasteiger partial charge in [0.25, 0.3) is 0 Å². The number of nitrogens with zero attached hydrogens (tertiary/aromatic N) is 2. The second kappa shape index (κ2) is 5.81. The van der Waals surface area contributed by atoms with Gasteiger partial charge in [-0.1, -0.05) is 11.6 Å². The first-order chi connectivity index (χ1) is 11.8. The van der Waals surface area contributed by atoms with Gasteiger partial charge in [0.2, 0.25) is 5.90 Å². The van der Waals surface area contributed by atoms with Crippen LogP contribution < -0.4 is 10.1 Å². The summed E-state index contributed by atoms with van der Waals surface area (Å²) in [6, 6.07) is 5.68. The number of ether oxygens (including phenoxy) is 2. The van der Waals surface area contributed by atoms with Crippen molar-refractivity contribution in [3.05, 3.63) is 28.3 Å². The molecule has 128 valence electrons. The third-order valence-corrected chi connectivity index (χ3v) is 5.84. The Morgan fingerprint density at radius 3 is 2.83 bits per heavy atom. The number of hydrazone groups is 1. The van der Waals surface area contributed by atoms with Gasteiger partial charge >= 0.3 is 0 Å². The van der Waals surface area contributed by atoms with E-state index in [0.717, 1.165) is 54.2 Å². The lowest BCUT2D eigenvalue weighted by Crippen LogP contribution is -2.46. The quantitative estimate of drug-likeness (QED) is 0.893. The third-order valence-electron chi connectivity index (χ3n) is 5.62. The normalized spacial score (nSPS) is 31.3. The van der Waals surface area contributed by atoms with Gasteiger partial charge in [-0.3, -0.25) is 5.01 Å². The van der Waals surface area contributed by atoms with Crippen LogP contribution in [0.3, 0.4) is 0 Å². The van der Waals surface area contributed by atoms with E-state index >= 15 is 0 Å². The number of nitrogens with one attached hydrogen (secondary N) is 1. The van der Waals surface area contributed by atoms with Crippen molar-refractivity contribution in [2.45, 2.75) is 56.7 Å². The maximum absolute atomic E-state index is 6.30. The van der Waals surface area contributed by atoms with Gasteiger partial charge in [0.1, 0.15) is 5.75 Å². The van der Waals surface area contributed by atoms with Crippen molar-refractivity contribution in [3.63, 3.8) is 0 Å². The second-order valence-electron chi connectivity index (χ2n) is 7.27. The Hall–Kier alpha value is -1.46. The fourth-order valence-electron chi connectivity index (χ4n) is 4.49. The molecule has 2 bridgehead atoms. The first kappa shape index (κ1) is 14.8. The van der Waals surface area contributed by atoms with Crippen molar-refractivity contribution in [2.75, 3.05) is 13.3 Å². The summed E-state index contributed by atoms with van der Waals surface area (Å²) in [5.41, 5.74) is 2.06. The van der Waals surface area contributed by atoms with E-state index in [4.69, 9.17) is 26.2 Å². The fourth-order valence-corrected chi connectivity index (χ4v) is 4.73. The van der Waals surface area contributed by atoms with Crippen LogP contribution in [0.2, 0.25) is 5.02 Å². The number of aryl methyl sites for hydroxylation is 1. The van der Waals surface area contributed by atoms with E-state index in [9.17, 15) is 0 Å². The Bertz CT molecular complexity index is 681. The number of benzene rings is 1. The average molecular weight is 348 g/mol. The van der Waals surface area contributed by atoms with Gasteiger partial charge in [-0.05, 0) is 56.2 Å². The summed E-state index contributed by atoms with van der Waals surface area (Å²) in [7, 11) is 0. The smallest absolute Gasteiger partial charge is 0.243 e. The largest absolute Gasteiger partial charge is 0.492 e. The summed E-state index contributed by atoms with van der Waals surface area (Å²) >= 11 is 6.30. The molecule has 2 saturated heterocycles. The Labute approximate surface area is 146 Å². The zero-order valence-corrected chi connectivity index (χ0v) is 14.4. The van der Waals surface area contributed by atoms with Gasteiger partial charge < -0.3 is 14.8 Å². The molecule has 4 aliphatic heterocycles. The summed E-state index contributed by atoms with van der Waals surface area (Å²) < 4.78 is 11.8. The van der Waals surface area contributed by atoms with E-state index in [1.54, 1.807) is 0 Å². The molecule has 1 N–H and O–H groups in total. The second-order valence-corrected chi connectivity index (χ2v) is 7.71. The average Bonchev–Trinajstić information content (AvgIpc) is 3.21. The van der Waals surface area contributed by atoms with E-state index in [2.05, 4.69) is 10.3 Å². The van der Waals surface area contributed by atoms with Crippen LogP contribution in [0.25, 0.3) is 0 Å². The summed E-state index contributed by atoms with van der Waals surface area (Å²) in [5.74, 6) is 1.55. The van der Waals surface area contributed by atoms with Crippen molar-refractivity contribution in [3.8, 4) is 5.75 Å². The highest BCUT2D eigenvalue weighted by Gasteiger charge is 2.38. The van der Waals surface area contributed by atoms with Crippen molar-refractivity contribution >= 4 is 17.5 Å². The molecule has 4 aliphatic rings. The third kappa shape index (κ3) is 2.54. The predicted molar refractivity (Wildman–Crippen MR) is 92.6 cm³/mol. The monoisotopic (exact) mass is 347 g/mol. The topological polar surface area (TPSA) is 46.1 Å². The van der Waals surface area contributed by atoms with Crippen LogP contribution in [-0.4, -0.2) is 42.4 Å². The Morgan fingerprint density at radius 1 is 1.17 bits per heavy atom. The Morgan fingerprint density at radius 2 is 2.00 bits per heavy atom. The number of hydrogen-bond acceptors (Lipinski definition) is 5. The molecule has 24 heavy (non-hydrogen) atoms. The molecule has 1 aromatic rings. The van der Waals surface area contributed by atoms with Crippen molar-refractivity contribution < 1.29 is 9.47 Å². The minimum Gasteiger partial charge on any atom is -0.492 e. The van der Waals surface area contributed by atoms with Crippen molar-refractivity contribution in [1.29, 1.82) is 0 Å². The molecule has 5 nitrogen and oxygen atoms in total. The van der Waals surface area contributed by atoms with Crippen LogP contribution >= 0.6 is 11.6 Å². The van der Waals surface area contributed by atoms with Crippen molar-refractivity contribution in [2.24, 2.45) is 5.10 Å². The van der Waals surface area contributed by atoms with Crippen molar-refractivity contribution in [1.82, 2.24) is 10.3 Å². The Balaban J connectivity index is 1.43. The molecule has 5 rings (SSSR count). The van der Waals surface area contributed by atoms with Gasteiger partial charge in [0.15, 0.2) is 6.73 Å². The zero-order chi connectivity index (χ0) is 16.1. The van der Waals surface area contributed by atoms with Gasteiger partial charge in [0, 0.05) is 17.1 Å². The summed E-state index contributed by atoms with van der Waals surface area (Å²) in [4.78, 5) is 0. The molecular formula is C18H22ClN3O2. The van der Waals surface area contributed by atoms with Gasteiger partial charge in [0.05, 0.1) is 18.2 Å². The molecule has 2 fully saturated rings. The summed E-state index contributed by atoms with van der Waals surface area (Å²) in [6.07, 6.45) is 6.92. The molecule has 1 aromatic carbocycles. The molecule has 6 heteroatoms. The SMILES string of the molecule is Clc1cc2c(c(C3=NN(C4CC5CCC(C4)N5)CO3)c1)OCCC2. The minimum absolute atomic E-state index is 0.470. The summed E-state index contributed by atoms with van der Waals surface area (Å²) in [6.45, 7) is 1.27. The number of rotatable bonds is 2. The first-order valence-corrected chi connectivity index (χ1v) is 9.34. The predicted octanol–water partition coefficient (Wildman–Crippen LogP) is 2.90. The van der Waals surface area contributed by atoms with E-state index in [1.807, 2.05) is 12.1 Å².